The smallest absolute Gasteiger partial charge is 0.113 e. The van der Waals surface area contributed by atoms with Crippen molar-refractivity contribution in [3.05, 3.63) is 59.6 Å². The number of benzene rings is 1. The Bertz CT molecular complexity index is 391. The van der Waals surface area contributed by atoms with E-state index in [4.69, 9.17) is 4.74 Å². The lowest BCUT2D eigenvalue weighted by molar-refractivity contribution is 0.188. The number of ether oxygens (including phenoxy) is 1. The average Bonchev–Trinajstić information content (AvgIpc) is 2.65. The van der Waals surface area contributed by atoms with Crippen LogP contribution in [-0.2, 0) is 11.3 Å². The first kappa shape index (κ1) is 14.4. The molecule has 0 spiro atoms. The summed E-state index contributed by atoms with van der Waals surface area (Å²) in [6.07, 6.45) is 6.13. The molecular formula is C16H22O2. The molecule has 2 rings (SSSR count). The minimum Gasteiger partial charge on any atom is -0.512 e. The first-order chi connectivity index (χ1) is 8.84. The minimum atomic E-state index is 0.443. The summed E-state index contributed by atoms with van der Waals surface area (Å²) in [7, 11) is 0. The van der Waals surface area contributed by atoms with Gasteiger partial charge in [-0.2, -0.15) is 0 Å². The lowest BCUT2D eigenvalue weighted by atomic mass is 10.2. The predicted molar refractivity (Wildman–Crippen MR) is 75.2 cm³/mol. The molecule has 1 aliphatic carbocycles. The second-order valence-electron chi connectivity index (χ2n) is 3.88. The van der Waals surface area contributed by atoms with Crippen LogP contribution < -0.4 is 0 Å². The van der Waals surface area contributed by atoms with E-state index in [1.54, 1.807) is 0 Å². The van der Waals surface area contributed by atoms with E-state index in [-0.39, 0.29) is 0 Å². The van der Waals surface area contributed by atoms with Crippen LogP contribution in [-0.4, -0.2) is 5.11 Å². The predicted octanol–water partition coefficient (Wildman–Crippen LogP) is 4.74. The van der Waals surface area contributed by atoms with Gasteiger partial charge < -0.3 is 9.84 Å². The fourth-order valence-corrected chi connectivity index (χ4v) is 1.67. The van der Waals surface area contributed by atoms with Gasteiger partial charge in [0.05, 0.1) is 11.5 Å². The minimum absolute atomic E-state index is 0.443. The van der Waals surface area contributed by atoms with Crippen LogP contribution in [0.1, 0.15) is 38.7 Å². The zero-order chi connectivity index (χ0) is 13.2. The fourth-order valence-electron chi connectivity index (χ4n) is 1.67. The van der Waals surface area contributed by atoms with Crippen LogP contribution in [0.4, 0.5) is 0 Å². The van der Waals surface area contributed by atoms with E-state index in [0.29, 0.717) is 18.8 Å². The highest BCUT2D eigenvalue weighted by atomic mass is 16.5. The summed E-state index contributed by atoms with van der Waals surface area (Å²) in [5.74, 6) is 1.42. The Balaban J connectivity index is 0.000000771. The van der Waals surface area contributed by atoms with E-state index in [9.17, 15) is 5.11 Å². The van der Waals surface area contributed by atoms with Gasteiger partial charge in [0.2, 0.25) is 0 Å². The van der Waals surface area contributed by atoms with Gasteiger partial charge in [-0.15, -0.1) is 0 Å². The molecule has 18 heavy (non-hydrogen) atoms. The highest BCUT2D eigenvalue weighted by Crippen LogP contribution is 2.17. The summed E-state index contributed by atoms with van der Waals surface area (Å²) >= 11 is 0. The van der Waals surface area contributed by atoms with E-state index in [2.05, 4.69) is 0 Å². The van der Waals surface area contributed by atoms with Gasteiger partial charge in [-0.05, 0) is 24.1 Å². The van der Waals surface area contributed by atoms with E-state index in [1.165, 1.54) is 5.56 Å². The Morgan fingerprint density at radius 3 is 2.56 bits per heavy atom. The molecule has 1 N–H and O–H groups in total. The van der Waals surface area contributed by atoms with Crippen LogP contribution in [0.25, 0.3) is 0 Å². The van der Waals surface area contributed by atoms with Gasteiger partial charge >= 0.3 is 0 Å². The van der Waals surface area contributed by atoms with Gasteiger partial charge in [-0.1, -0.05) is 44.2 Å². The molecule has 1 aromatic carbocycles. The first-order valence-electron chi connectivity index (χ1n) is 6.58. The molecule has 98 valence electrons. The summed E-state index contributed by atoms with van der Waals surface area (Å²) in [5.41, 5.74) is 1.17. The highest BCUT2D eigenvalue weighted by molar-refractivity contribution is 5.14. The van der Waals surface area contributed by atoms with Gasteiger partial charge in [-0.25, -0.2) is 0 Å². The SMILES string of the molecule is CC.OC1=CCCC(OCc2ccccc2)=CC1. The molecule has 0 radical (unpaired) electrons. The number of aliphatic hydroxyl groups excluding tert-OH is 1. The van der Waals surface area contributed by atoms with E-state index in [0.717, 1.165) is 18.6 Å². The lowest BCUT2D eigenvalue weighted by Crippen LogP contribution is -1.93. The van der Waals surface area contributed by atoms with Crippen LogP contribution >= 0.6 is 0 Å². The quantitative estimate of drug-likeness (QED) is 0.834. The van der Waals surface area contributed by atoms with Crippen LogP contribution in [0.2, 0.25) is 0 Å². The number of allylic oxidation sites excluding steroid dienone is 3. The molecule has 2 heteroatoms. The topological polar surface area (TPSA) is 29.5 Å². The van der Waals surface area contributed by atoms with Crippen LogP contribution in [0.15, 0.2) is 54.0 Å². The van der Waals surface area contributed by atoms with Gasteiger partial charge in [-0.3, -0.25) is 0 Å². The Morgan fingerprint density at radius 2 is 1.83 bits per heavy atom. The van der Waals surface area contributed by atoms with Crippen molar-refractivity contribution in [2.24, 2.45) is 0 Å². The standard InChI is InChI=1S/C14H16O2.C2H6/c15-13-7-4-8-14(10-9-13)16-11-12-5-2-1-3-6-12;1-2/h1-3,5-7,10,15H,4,8-9,11H2;1-2H3. The number of aliphatic hydroxyl groups is 1. The van der Waals surface area contributed by atoms with E-state index in [1.807, 2.05) is 56.3 Å². The van der Waals surface area contributed by atoms with Crippen LogP contribution in [0, 0.1) is 0 Å². The molecule has 0 saturated carbocycles. The molecular weight excluding hydrogens is 224 g/mol. The van der Waals surface area contributed by atoms with Crippen molar-refractivity contribution in [1.29, 1.82) is 0 Å². The van der Waals surface area contributed by atoms with Crippen molar-refractivity contribution in [2.75, 3.05) is 0 Å². The lowest BCUT2D eigenvalue weighted by Gasteiger charge is -2.08. The van der Waals surface area contributed by atoms with Crippen molar-refractivity contribution in [1.82, 2.24) is 0 Å². The number of hydrogen-bond donors (Lipinski definition) is 1. The molecule has 0 aliphatic heterocycles. The van der Waals surface area contributed by atoms with Crippen LogP contribution in [0.5, 0.6) is 0 Å². The zero-order valence-corrected chi connectivity index (χ0v) is 11.2. The van der Waals surface area contributed by atoms with Gasteiger partial charge in [0.15, 0.2) is 0 Å². The molecule has 0 saturated heterocycles. The molecule has 0 aromatic heterocycles. The first-order valence-corrected chi connectivity index (χ1v) is 6.58. The largest absolute Gasteiger partial charge is 0.512 e. The third-order valence-electron chi connectivity index (χ3n) is 2.58. The Morgan fingerprint density at radius 1 is 1.11 bits per heavy atom. The average molecular weight is 246 g/mol. The fraction of sp³-hybridized carbons (Fsp3) is 0.375. The molecule has 0 unspecified atom stereocenters. The van der Waals surface area contributed by atoms with Crippen molar-refractivity contribution >= 4 is 0 Å². The molecule has 0 atom stereocenters. The number of hydrogen-bond acceptors (Lipinski definition) is 2. The highest BCUT2D eigenvalue weighted by Gasteiger charge is 2.04. The summed E-state index contributed by atoms with van der Waals surface area (Å²) in [6.45, 7) is 4.60. The maximum Gasteiger partial charge on any atom is 0.113 e. The third-order valence-corrected chi connectivity index (χ3v) is 2.58. The maximum atomic E-state index is 9.35. The van der Waals surface area contributed by atoms with Gasteiger partial charge in [0.1, 0.15) is 6.61 Å². The maximum absolute atomic E-state index is 9.35. The Hall–Kier alpha value is -1.70. The molecule has 0 fully saturated rings. The van der Waals surface area contributed by atoms with Crippen LogP contribution in [0.3, 0.4) is 0 Å². The number of rotatable bonds is 3. The third kappa shape index (κ3) is 5.09. The molecule has 1 aromatic rings. The van der Waals surface area contributed by atoms with Crippen molar-refractivity contribution in [3.8, 4) is 0 Å². The summed E-state index contributed by atoms with van der Waals surface area (Å²) in [4.78, 5) is 0. The summed E-state index contributed by atoms with van der Waals surface area (Å²) in [5, 5.41) is 9.35. The second kappa shape index (κ2) is 8.40. The van der Waals surface area contributed by atoms with Gasteiger partial charge in [0.25, 0.3) is 0 Å². The normalized spacial score (nSPS) is 14.6. The van der Waals surface area contributed by atoms with Gasteiger partial charge in [0, 0.05) is 12.8 Å². The summed E-state index contributed by atoms with van der Waals surface area (Å²) in [6, 6.07) is 10.1. The van der Waals surface area contributed by atoms with Crippen molar-refractivity contribution in [3.63, 3.8) is 0 Å². The van der Waals surface area contributed by atoms with E-state index >= 15 is 0 Å². The van der Waals surface area contributed by atoms with E-state index < -0.39 is 0 Å². The molecule has 0 bridgehead atoms. The Kier molecular flexibility index (Phi) is 6.70. The second-order valence-corrected chi connectivity index (χ2v) is 3.88. The monoisotopic (exact) mass is 246 g/mol. The Labute approximate surface area is 110 Å². The molecule has 1 aliphatic rings. The van der Waals surface area contributed by atoms with Crippen molar-refractivity contribution < 1.29 is 9.84 Å². The molecule has 2 nitrogen and oxygen atoms in total. The molecule has 0 heterocycles. The molecule has 0 amide bonds. The van der Waals surface area contributed by atoms with Crippen molar-refractivity contribution in [2.45, 2.75) is 39.7 Å². The zero-order valence-electron chi connectivity index (χ0n) is 11.2. The summed E-state index contributed by atoms with van der Waals surface area (Å²) < 4.78 is 5.71.